The highest BCUT2D eigenvalue weighted by Gasteiger charge is 2.00. The van der Waals surface area contributed by atoms with Gasteiger partial charge < -0.3 is 20.4 Å². The third-order valence-electron chi connectivity index (χ3n) is 1.17. The molecule has 0 aromatic heterocycles. The molecule has 0 aromatic rings. The minimum atomic E-state index is -4.64. The number of rotatable bonds is 4. The maximum absolute atomic E-state index is 8.88. The molecule has 0 spiro atoms. The number of nitrogens with one attached hydrogen (secondary N) is 1. The molecule has 8 heteroatoms. The van der Waals surface area contributed by atoms with Crippen LogP contribution in [0.2, 0.25) is 0 Å². The Morgan fingerprint density at radius 3 is 2.27 bits per heavy atom. The summed E-state index contributed by atoms with van der Waals surface area (Å²) in [6, 6.07) is 0. The van der Waals surface area contributed by atoms with Gasteiger partial charge in [-0.3, -0.25) is 5.41 Å². The van der Waals surface area contributed by atoms with Crippen LogP contribution in [0, 0.1) is 5.41 Å². The van der Waals surface area contributed by atoms with Crippen LogP contribution in [0.25, 0.3) is 0 Å². The van der Waals surface area contributed by atoms with Crippen LogP contribution >= 0.6 is 7.82 Å². The van der Waals surface area contributed by atoms with E-state index in [2.05, 4.69) is 11.9 Å². The van der Waals surface area contributed by atoms with Gasteiger partial charge in [-0.15, -0.1) is 0 Å². The zero-order chi connectivity index (χ0) is 12.3. The molecule has 0 aliphatic carbocycles. The predicted molar refractivity (Wildman–Crippen MR) is 58.8 cm³/mol. The number of phosphoric acid groups is 1. The minimum absolute atomic E-state index is 0.100. The first-order chi connectivity index (χ1) is 6.77. The molecule has 0 aromatic carbocycles. The highest BCUT2D eigenvalue weighted by Crippen LogP contribution is 2.25. The zero-order valence-corrected chi connectivity index (χ0v) is 9.52. The van der Waals surface area contributed by atoms with E-state index in [1.54, 1.807) is 6.21 Å². The normalized spacial score (nSPS) is 10.9. The Morgan fingerprint density at radius 1 is 1.47 bits per heavy atom. The fourth-order valence-corrected chi connectivity index (χ4v) is 0.649. The summed E-state index contributed by atoms with van der Waals surface area (Å²) in [4.78, 5) is 25.2. The van der Waals surface area contributed by atoms with Crippen molar-refractivity contribution in [3.05, 3.63) is 0 Å². The van der Waals surface area contributed by atoms with Crippen LogP contribution in [0.15, 0.2) is 4.99 Å². The van der Waals surface area contributed by atoms with Crippen LogP contribution in [0.5, 0.6) is 0 Å². The van der Waals surface area contributed by atoms with Crippen LogP contribution in [-0.2, 0) is 4.57 Å². The van der Waals surface area contributed by atoms with Gasteiger partial charge in [0.25, 0.3) is 0 Å². The van der Waals surface area contributed by atoms with E-state index in [4.69, 9.17) is 30.4 Å². The molecule has 7 nitrogen and oxygen atoms in total. The molecule has 90 valence electrons. The number of unbranched alkanes of at least 4 members (excludes halogenated alkanes) is 3. The Labute approximate surface area is 88.8 Å². The van der Waals surface area contributed by atoms with Crippen molar-refractivity contribution in [2.45, 2.75) is 32.6 Å². The molecule has 0 fully saturated rings. The van der Waals surface area contributed by atoms with Gasteiger partial charge in [-0.2, -0.15) is 0 Å². The van der Waals surface area contributed by atoms with Gasteiger partial charge in [0, 0.05) is 6.21 Å². The summed E-state index contributed by atoms with van der Waals surface area (Å²) in [5, 5.41) is 6.75. The minimum Gasteiger partial charge on any atom is -0.368 e. The van der Waals surface area contributed by atoms with Gasteiger partial charge in [0.1, 0.15) is 0 Å². The number of guanidine groups is 1. The number of hydrogen-bond donors (Lipinski definition) is 5. The van der Waals surface area contributed by atoms with E-state index >= 15 is 0 Å². The first-order valence-electron chi connectivity index (χ1n) is 4.42. The maximum atomic E-state index is 8.88. The molecule has 0 radical (unpaired) electrons. The standard InChI is InChI=1S/C7H15N3.H3O4P/c1-2-3-4-5-6-10-7(8)9;1-5(2,3)4/h6H,2-5H2,1H3,(H3,8,9);(H3,1,2,3,4). The average Bonchev–Trinajstić information content (AvgIpc) is 2.00. The molecule has 0 unspecified atom stereocenters. The Morgan fingerprint density at radius 2 is 1.93 bits per heavy atom. The molecule has 0 heterocycles. The van der Waals surface area contributed by atoms with Crippen LogP contribution in [0.3, 0.4) is 0 Å². The van der Waals surface area contributed by atoms with Crippen LogP contribution < -0.4 is 5.73 Å². The molecular formula is C7H18N3O4P. The Kier molecular flexibility index (Phi) is 10.9. The molecule has 0 rings (SSSR count). The Bertz CT molecular complexity index is 230. The lowest BCUT2D eigenvalue weighted by atomic mass is 10.2. The van der Waals surface area contributed by atoms with E-state index in [9.17, 15) is 0 Å². The highest BCUT2D eigenvalue weighted by molar-refractivity contribution is 7.45. The van der Waals surface area contributed by atoms with E-state index in [1.165, 1.54) is 12.8 Å². The highest BCUT2D eigenvalue weighted by atomic mass is 31.2. The molecule has 0 amide bonds. The predicted octanol–water partition coefficient (Wildman–Crippen LogP) is 0.602. The summed E-state index contributed by atoms with van der Waals surface area (Å²) in [7, 11) is -4.64. The molecule has 15 heavy (non-hydrogen) atoms. The van der Waals surface area contributed by atoms with E-state index in [1.807, 2.05) is 0 Å². The largest absolute Gasteiger partial charge is 0.466 e. The van der Waals surface area contributed by atoms with Gasteiger partial charge in [-0.1, -0.05) is 19.8 Å². The van der Waals surface area contributed by atoms with Crippen molar-refractivity contribution in [2.24, 2.45) is 10.7 Å². The second-order valence-corrected chi connectivity index (χ2v) is 3.73. The summed E-state index contributed by atoms with van der Waals surface area (Å²) in [5.41, 5.74) is 4.99. The number of nitrogens with zero attached hydrogens (tertiary/aromatic N) is 1. The van der Waals surface area contributed by atoms with Gasteiger partial charge in [-0.05, 0) is 12.8 Å². The lowest BCUT2D eigenvalue weighted by Crippen LogP contribution is -2.05. The molecule has 6 N–H and O–H groups in total. The maximum Gasteiger partial charge on any atom is 0.466 e. The Balaban J connectivity index is 0. The van der Waals surface area contributed by atoms with Crippen molar-refractivity contribution < 1.29 is 19.2 Å². The van der Waals surface area contributed by atoms with Crippen LogP contribution in [0.4, 0.5) is 0 Å². The van der Waals surface area contributed by atoms with Gasteiger partial charge in [0.15, 0.2) is 0 Å². The first kappa shape index (κ1) is 16.7. The Hall–Kier alpha value is -0.750. The van der Waals surface area contributed by atoms with Crippen molar-refractivity contribution in [2.75, 3.05) is 0 Å². The van der Waals surface area contributed by atoms with Crippen LogP contribution in [0.1, 0.15) is 32.6 Å². The fourth-order valence-electron chi connectivity index (χ4n) is 0.649. The number of nitrogens with two attached hydrogens (primary N) is 1. The smallest absolute Gasteiger partial charge is 0.368 e. The molecule has 0 saturated carbocycles. The number of hydrogen-bond acceptors (Lipinski definition) is 2. The van der Waals surface area contributed by atoms with Gasteiger partial charge >= 0.3 is 7.82 Å². The van der Waals surface area contributed by atoms with Crippen molar-refractivity contribution in [1.82, 2.24) is 0 Å². The van der Waals surface area contributed by atoms with Crippen molar-refractivity contribution >= 4 is 20.0 Å². The zero-order valence-electron chi connectivity index (χ0n) is 8.63. The van der Waals surface area contributed by atoms with E-state index in [0.29, 0.717) is 0 Å². The summed E-state index contributed by atoms with van der Waals surface area (Å²) in [6.45, 7) is 2.15. The first-order valence-corrected chi connectivity index (χ1v) is 5.98. The second kappa shape index (κ2) is 9.79. The van der Waals surface area contributed by atoms with E-state index < -0.39 is 7.82 Å². The molecule has 0 atom stereocenters. The quantitative estimate of drug-likeness (QED) is 0.211. The van der Waals surface area contributed by atoms with Crippen molar-refractivity contribution in [1.29, 1.82) is 5.41 Å². The summed E-state index contributed by atoms with van der Waals surface area (Å²) in [6.07, 6.45) is 6.23. The molecule has 0 aliphatic rings. The lowest BCUT2D eigenvalue weighted by molar-refractivity contribution is 0.275. The second-order valence-electron chi connectivity index (χ2n) is 2.71. The summed E-state index contributed by atoms with van der Waals surface area (Å²) >= 11 is 0. The van der Waals surface area contributed by atoms with E-state index in [0.717, 1.165) is 12.8 Å². The SMILES string of the molecule is CCCCCC=NC(=N)N.O=P(O)(O)O. The topological polar surface area (TPSA) is 140 Å². The van der Waals surface area contributed by atoms with E-state index in [-0.39, 0.29) is 5.96 Å². The van der Waals surface area contributed by atoms with Gasteiger partial charge in [0.05, 0.1) is 0 Å². The third kappa shape index (κ3) is 42.9. The van der Waals surface area contributed by atoms with Gasteiger partial charge in [0.2, 0.25) is 5.96 Å². The molecule has 0 aliphatic heterocycles. The molecule has 0 bridgehead atoms. The summed E-state index contributed by atoms with van der Waals surface area (Å²) < 4.78 is 8.88. The number of aliphatic imine (C=N–C) groups is 1. The monoisotopic (exact) mass is 239 g/mol. The summed E-state index contributed by atoms with van der Waals surface area (Å²) in [5.74, 6) is -0.100. The van der Waals surface area contributed by atoms with Crippen molar-refractivity contribution in [3.63, 3.8) is 0 Å². The molecular weight excluding hydrogens is 221 g/mol. The fraction of sp³-hybridized carbons (Fsp3) is 0.714. The lowest BCUT2D eigenvalue weighted by Gasteiger charge is -1.90. The molecule has 0 saturated heterocycles. The average molecular weight is 239 g/mol. The van der Waals surface area contributed by atoms with Crippen LogP contribution in [-0.4, -0.2) is 26.9 Å². The third-order valence-corrected chi connectivity index (χ3v) is 1.17. The van der Waals surface area contributed by atoms with Gasteiger partial charge in [-0.25, -0.2) is 9.56 Å². The van der Waals surface area contributed by atoms with Crippen molar-refractivity contribution in [3.8, 4) is 0 Å².